The minimum absolute atomic E-state index is 0.0532. The second-order valence-electron chi connectivity index (χ2n) is 2.55. The Labute approximate surface area is 69.2 Å². The van der Waals surface area contributed by atoms with Gasteiger partial charge in [0.25, 0.3) is 0 Å². The molecule has 0 saturated heterocycles. The summed E-state index contributed by atoms with van der Waals surface area (Å²) in [5.74, 6) is 3.78. The van der Waals surface area contributed by atoms with Crippen LogP contribution in [-0.4, -0.2) is 17.5 Å². The molecule has 6 nitrogen and oxygen atoms in total. The van der Waals surface area contributed by atoms with Gasteiger partial charge in [-0.15, -0.1) is 0 Å². The van der Waals surface area contributed by atoms with E-state index in [-0.39, 0.29) is 18.2 Å². The summed E-state index contributed by atoms with van der Waals surface area (Å²) >= 11 is 0. The van der Waals surface area contributed by atoms with E-state index in [4.69, 9.17) is 5.84 Å². The van der Waals surface area contributed by atoms with Gasteiger partial charge >= 0.3 is 0 Å². The predicted octanol–water partition coefficient (Wildman–Crippen LogP) is -1.51. The van der Waals surface area contributed by atoms with E-state index in [0.29, 0.717) is 5.71 Å². The third-order valence-electron chi connectivity index (χ3n) is 1.71. The van der Waals surface area contributed by atoms with Gasteiger partial charge in [-0.3, -0.25) is 15.0 Å². The number of carbonyl (C=O) groups excluding carboxylic acids is 2. The summed E-state index contributed by atoms with van der Waals surface area (Å²) in [6, 6.07) is 0. The molecule has 1 aliphatic rings. The van der Waals surface area contributed by atoms with Gasteiger partial charge in [-0.05, 0) is 6.92 Å². The summed E-state index contributed by atoms with van der Waals surface area (Å²) in [5.41, 5.74) is 4.85. The maximum Gasteiger partial charge on any atom is 0.249 e. The van der Waals surface area contributed by atoms with Gasteiger partial charge in [-0.25, -0.2) is 11.3 Å². The number of rotatable bonds is 2. The predicted molar refractivity (Wildman–Crippen MR) is 41.7 cm³/mol. The van der Waals surface area contributed by atoms with Crippen molar-refractivity contribution < 1.29 is 9.59 Å². The van der Waals surface area contributed by atoms with Gasteiger partial charge in [0.1, 0.15) is 0 Å². The van der Waals surface area contributed by atoms with Crippen molar-refractivity contribution in [2.45, 2.75) is 13.3 Å². The van der Waals surface area contributed by atoms with E-state index in [0.717, 1.165) is 0 Å². The summed E-state index contributed by atoms with van der Waals surface area (Å²) in [6.45, 7) is 1.69. The maximum atomic E-state index is 11.0. The van der Waals surface area contributed by atoms with Crippen LogP contribution in [0.3, 0.4) is 0 Å². The van der Waals surface area contributed by atoms with Crippen molar-refractivity contribution in [3.8, 4) is 0 Å². The summed E-state index contributed by atoms with van der Waals surface area (Å²) in [4.78, 5) is 21.8. The zero-order chi connectivity index (χ0) is 9.14. The third-order valence-corrected chi connectivity index (χ3v) is 1.71. The molecule has 4 N–H and O–H groups in total. The molecule has 0 aromatic heterocycles. The Kier molecular flexibility index (Phi) is 2.39. The summed E-state index contributed by atoms with van der Waals surface area (Å²) in [7, 11) is 0. The number of hydrazine groups is 1. The number of hydrogen-bond donors (Lipinski definition) is 3. The molecule has 0 aliphatic carbocycles. The van der Waals surface area contributed by atoms with E-state index in [9.17, 15) is 9.59 Å². The van der Waals surface area contributed by atoms with Crippen molar-refractivity contribution in [3.05, 3.63) is 0 Å². The second kappa shape index (κ2) is 3.31. The van der Waals surface area contributed by atoms with Gasteiger partial charge in [0.15, 0.2) is 0 Å². The van der Waals surface area contributed by atoms with Crippen LogP contribution in [0.4, 0.5) is 0 Å². The van der Waals surface area contributed by atoms with Gasteiger partial charge in [0.2, 0.25) is 11.8 Å². The Hall–Kier alpha value is -1.43. The number of nitrogens with one attached hydrogen (secondary N) is 2. The molecular formula is C6H10N4O2. The monoisotopic (exact) mass is 170 g/mol. The average Bonchev–Trinajstić information content (AvgIpc) is 2.35. The Morgan fingerprint density at radius 2 is 2.50 bits per heavy atom. The Balaban J connectivity index is 2.57. The highest BCUT2D eigenvalue weighted by molar-refractivity contribution is 6.08. The molecule has 0 radical (unpaired) electrons. The molecule has 1 heterocycles. The lowest BCUT2D eigenvalue weighted by Gasteiger charge is -2.04. The lowest BCUT2D eigenvalue weighted by Crippen LogP contribution is -2.35. The van der Waals surface area contributed by atoms with Crippen LogP contribution in [0.25, 0.3) is 0 Å². The first-order valence-corrected chi connectivity index (χ1v) is 3.48. The molecule has 2 amide bonds. The number of hydrogen-bond acceptors (Lipinski definition) is 4. The highest BCUT2D eigenvalue weighted by Gasteiger charge is 2.28. The zero-order valence-corrected chi connectivity index (χ0v) is 6.63. The van der Waals surface area contributed by atoms with Gasteiger partial charge in [-0.1, -0.05) is 0 Å². The van der Waals surface area contributed by atoms with Crippen LogP contribution < -0.4 is 16.7 Å². The van der Waals surface area contributed by atoms with Crippen molar-refractivity contribution in [2.24, 2.45) is 16.9 Å². The van der Waals surface area contributed by atoms with Crippen LogP contribution in [-0.2, 0) is 9.59 Å². The van der Waals surface area contributed by atoms with Gasteiger partial charge < -0.3 is 0 Å². The molecule has 0 aromatic carbocycles. The maximum absolute atomic E-state index is 11.0. The Morgan fingerprint density at radius 1 is 1.83 bits per heavy atom. The summed E-state index contributed by atoms with van der Waals surface area (Å²) in [5, 5.41) is 3.68. The van der Waals surface area contributed by atoms with Gasteiger partial charge in [0, 0.05) is 12.1 Å². The molecular weight excluding hydrogens is 160 g/mol. The van der Waals surface area contributed by atoms with E-state index in [1.165, 1.54) is 0 Å². The van der Waals surface area contributed by atoms with Crippen molar-refractivity contribution in [1.82, 2.24) is 10.9 Å². The van der Waals surface area contributed by atoms with Gasteiger partial charge in [0.05, 0.1) is 5.92 Å². The molecule has 1 aliphatic heterocycles. The quantitative estimate of drug-likeness (QED) is 0.267. The van der Waals surface area contributed by atoms with Crippen LogP contribution in [0.5, 0.6) is 0 Å². The molecule has 6 heteroatoms. The van der Waals surface area contributed by atoms with E-state index in [1.807, 2.05) is 5.43 Å². The van der Waals surface area contributed by atoms with Crippen molar-refractivity contribution in [2.75, 3.05) is 0 Å². The molecule has 0 bridgehead atoms. The number of nitrogens with zero attached hydrogens (tertiary/aromatic N) is 1. The fraction of sp³-hybridized carbons (Fsp3) is 0.500. The Bertz CT molecular complexity index is 248. The summed E-state index contributed by atoms with van der Waals surface area (Å²) in [6.07, 6.45) is 0.0532. The molecule has 0 aromatic rings. The lowest BCUT2D eigenvalue weighted by atomic mass is 10.0. The topological polar surface area (TPSA) is 96.6 Å². The standard InChI is InChI=1S/C6H10N4O2/c1-3-4(2-5(11)8-7)6(12)10-9-3/h4H,2,7H2,1H3,(H,8,11)(H,10,12)/t4-/m1/s1. The average molecular weight is 170 g/mol. The highest BCUT2D eigenvalue weighted by atomic mass is 16.2. The van der Waals surface area contributed by atoms with Gasteiger partial charge in [-0.2, -0.15) is 5.10 Å². The zero-order valence-electron chi connectivity index (χ0n) is 6.63. The smallest absolute Gasteiger partial charge is 0.249 e. The Morgan fingerprint density at radius 3 is 2.92 bits per heavy atom. The van der Waals surface area contributed by atoms with Crippen LogP contribution in [0.2, 0.25) is 0 Å². The molecule has 12 heavy (non-hydrogen) atoms. The summed E-state index contributed by atoms with van der Waals surface area (Å²) < 4.78 is 0. The van der Waals surface area contributed by atoms with E-state index in [2.05, 4.69) is 10.5 Å². The molecule has 0 spiro atoms. The molecule has 0 saturated carbocycles. The number of amides is 2. The van der Waals surface area contributed by atoms with Crippen LogP contribution >= 0.6 is 0 Å². The molecule has 66 valence electrons. The first kappa shape index (κ1) is 8.66. The van der Waals surface area contributed by atoms with E-state index >= 15 is 0 Å². The van der Waals surface area contributed by atoms with E-state index < -0.39 is 5.92 Å². The molecule has 0 unspecified atom stereocenters. The second-order valence-corrected chi connectivity index (χ2v) is 2.55. The van der Waals surface area contributed by atoms with E-state index in [1.54, 1.807) is 6.92 Å². The lowest BCUT2D eigenvalue weighted by molar-refractivity contribution is -0.127. The van der Waals surface area contributed by atoms with Crippen molar-refractivity contribution >= 4 is 17.5 Å². The molecule has 1 rings (SSSR count). The van der Waals surface area contributed by atoms with Crippen molar-refractivity contribution in [1.29, 1.82) is 0 Å². The van der Waals surface area contributed by atoms with Crippen LogP contribution in [0.15, 0.2) is 5.10 Å². The van der Waals surface area contributed by atoms with Crippen LogP contribution in [0.1, 0.15) is 13.3 Å². The number of hydrazone groups is 1. The highest BCUT2D eigenvalue weighted by Crippen LogP contribution is 2.10. The molecule has 0 fully saturated rings. The number of nitrogens with two attached hydrogens (primary N) is 1. The normalized spacial score (nSPS) is 21.7. The van der Waals surface area contributed by atoms with Crippen LogP contribution in [0, 0.1) is 5.92 Å². The SMILES string of the molecule is CC1=NNC(=O)[C@@H]1CC(=O)NN. The fourth-order valence-corrected chi connectivity index (χ4v) is 0.974. The number of carbonyl (C=O) groups is 2. The third kappa shape index (κ3) is 1.59. The first-order chi connectivity index (χ1) is 5.65. The minimum Gasteiger partial charge on any atom is -0.294 e. The first-order valence-electron chi connectivity index (χ1n) is 3.48. The fourth-order valence-electron chi connectivity index (χ4n) is 0.974. The minimum atomic E-state index is -0.464. The largest absolute Gasteiger partial charge is 0.294 e. The van der Waals surface area contributed by atoms with Crippen molar-refractivity contribution in [3.63, 3.8) is 0 Å². The molecule has 1 atom stereocenters.